The van der Waals surface area contributed by atoms with Crippen LogP contribution in [-0.2, 0) is 16.0 Å². The molecule has 0 bridgehead atoms. The summed E-state index contributed by atoms with van der Waals surface area (Å²) >= 11 is 3.26. The van der Waals surface area contributed by atoms with E-state index in [9.17, 15) is 4.79 Å². The number of amides is 1. The van der Waals surface area contributed by atoms with E-state index in [1.54, 1.807) is 22.7 Å². The molecule has 6 heteroatoms. The number of carbonyl (C=O) groups is 1. The number of ether oxygens (including phenoxy) is 1. The van der Waals surface area contributed by atoms with E-state index in [1.165, 1.54) is 12.8 Å². The number of nitrogens with one attached hydrogen (secondary N) is 1. The number of hydrogen-bond acceptors (Lipinski definition) is 5. The third-order valence-corrected chi connectivity index (χ3v) is 5.39. The summed E-state index contributed by atoms with van der Waals surface area (Å²) in [5.41, 5.74) is 0.843. The van der Waals surface area contributed by atoms with Crippen molar-refractivity contribution in [1.29, 1.82) is 0 Å². The van der Waals surface area contributed by atoms with Crippen molar-refractivity contribution in [2.45, 2.75) is 25.7 Å². The van der Waals surface area contributed by atoms with Gasteiger partial charge in [0.2, 0.25) is 5.91 Å². The summed E-state index contributed by atoms with van der Waals surface area (Å²) in [6.07, 6.45) is 3.86. The summed E-state index contributed by atoms with van der Waals surface area (Å²) < 4.78 is 5.54. The second-order valence-corrected chi connectivity index (χ2v) is 7.33. The highest BCUT2D eigenvalue weighted by Gasteiger charge is 2.20. The van der Waals surface area contributed by atoms with Crippen LogP contribution >= 0.6 is 22.7 Å². The topological polar surface area (TPSA) is 51.2 Å². The third-order valence-electron chi connectivity index (χ3n) is 3.46. The van der Waals surface area contributed by atoms with E-state index in [1.807, 2.05) is 16.8 Å². The standard InChI is InChI=1S/C16H20N2O2S2/c19-15(17-6-2-7-20-10-12-4-5-12)9-13-11-22-16(18-13)14-3-1-8-21-14/h1,3,8,11-12H,2,4-7,9-10H2,(H,17,19). The molecule has 0 aromatic carbocycles. The van der Waals surface area contributed by atoms with Gasteiger partial charge in [-0.05, 0) is 36.6 Å². The van der Waals surface area contributed by atoms with E-state index in [2.05, 4.69) is 16.4 Å². The van der Waals surface area contributed by atoms with Crippen molar-refractivity contribution in [3.63, 3.8) is 0 Å². The van der Waals surface area contributed by atoms with Gasteiger partial charge < -0.3 is 10.1 Å². The average Bonchev–Trinajstić information content (AvgIpc) is 3.00. The van der Waals surface area contributed by atoms with Crippen molar-refractivity contribution >= 4 is 28.6 Å². The molecule has 0 radical (unpaired) electrons. The minimum Gasteiger partial charge on any atom is -0.381 e. The quantitative estimate of drug-likeness (QED) is 0.715. The molecular weight excluding hydrogens is 316 g/mol. The number of carbonyl (C=O) groups excluding carboxylic acids is 1. The molecule has 1 amide bonds. The van der Waals surface area contributed by atoms with E-state index < -0.39 is 0 Å². The van der Waals surface area contributed by atoms with Gasteiger partial charge in [-0.2, -0.15) is 0 Å². The highest BCUT2D eigenvalue weighted by molar-refractivity contribution is 7.20. The first-order chi connectivity index (χ1) is 10.8. The first-order valence-electron chi connectivity index (χ1n) is 7.64. The molecule has 1 saturated carbocycles. The number of thiazole rings is 1. The van der Waals surface area contributed by atoms with Gasteiger partial charge in [-0.25, -0.2) is 4.98 Å². The van der Waals surface area contributed by atoms with Gasteiger partial charge in [0.1, 0.15) is 5.01 Å². The Kier molecular flexibility index (Phi) is 5.58. The van der Waals surface area contributed by atoms with Crippen LogP contribution in [-0.4, -0.2) is 30.6 Å². The predicted molar refractivity (Wildman–Crippen MR) is 90.3 cm³/mol. The van der Waals surface area contributed by atoms with Crippen molar-refractivity contribution < 1.29 is 9.53 Å². The lowest BCUT2D eigenvalue weighted by Crippen LogP contribution is -2.27. The largest absolute Gasteiger partial charge is 0.381 e. The molecule has 1 N–H and O–H groups in total. The van der Waals surface area contributed by atoms with Gasteiger partial charge in [0, 0.05) is 25.1 Å². The first-order valence-corrected chi connectivity index (χ1v) is 9.40. The molecule has 0 atom stereocenters. The van der Waals surface area contributed by atoms with E-state index in [0.29, 0.717) is 13.0 Å². The van der Waals surface area contributed by atoms with E-state index in [-0.39, 0.29) is 5.91 Å². The Bertz CT molecular complexity index is 591. The highest BCUT2D eigenvalue weighted by atomic mass is 32.1. The predicted octanol–water partition coefficient (Wildman–Crippen LogP) is 3.35. The zero-order chi connectivity index (χ0) is 15.2. The lowest BCUT2D eigenvalue weighted by Gasteiger charge is -2.05. The molecule has 0 aliphatic heterocycles. The van der Waals surface area contributed by atoms with Crippen LogP contribution in [0.5, 0.6) is 0 Å². The zero-order valence-corrected chi connectivity index (χ0v) is 14.0. The Hall–Kier alpha value is -1.24. The Balaban J connectivity index is 1.33. The maximum atomic E-state index is 11.9. The van der Waals surface area contributed by atoms with Crippen LogP contribution in [0.3, 0.4) is 0 Å². The van der Waals surface area contributed by atoms with Gasteiger partial charge in [-0.1, -0.05) is 6.07 Å². The summed E-state index contributed by atoms with van der Waals surface area (Å²) in [5.74, 6) is 0.835. The molecule has 22 heavy (non-hydrogen) atoms. The van der Waals surface area contributed by atoms with Crippen LogP contribution < -0.4 is 5.32 Å². The van der Waals surface area contributed by atoms with Gasteiger partial charge in [-0.3, -0.25) is 4.79 Å². The second-order valence-electron chi connectivity index (χ2n) is 5.52. The van der Waals surface area contributed by atoms with Crippen LogP contribution in [0.15, 0.2) is 22.9 Å². The molecule has 1 aliphatic carbocycles. The third kappa shape index (κ3) is 4.90. The lowest BCUT2D eigenvalue weighted by atomic mass is 10.3. The maximum absolute atomic E-state index is 11.9. The van der Waals surface area contributed by atoms with Crippen molar-refractivity contribution in [2.24, 2.45) is 5.92 Å². The monoisotopic (exact) mass is 336 g/mol. The molecule has 2 heterocycles. The van der Waals surface area contributed by atoms with Crippen molar-refractivity contribution in [1.82, 2.24) is 10.3 Å². The number of hydrogen-bond donors (Lipinski definition) is 1. The first kappa shape index (κ1) is 15.6. The Morgan fingerprint density at radius 1 is 1.41 bits per heavy atom. The summed E-state index contributed by atoms with van der Waals surface area (Å²) in [7, 11) is 0. The molecule has 0 spiro atoms. The average molecular weight is 336 g/mol. The minimum absolute atomic E-state index is 0.0326. The highest BCUT2D eigenvalue weighted by Crippen LogP contribution is 2.29. The molecule has 1 aliphatic rings. The van der Waals surface area contributed by atoms with E-state index in [4.69, 9.17) is 4.74 Å². The molecule has 2 aromatic rings. The molecule has 0 saturated heterocycles. The van der Waals surface area contributed by atoms with Crippen molar-refractivity contribution in [2.75, 3.05) is 19.8 Å². The van der Waals surface area contributed by atoms with Crippen LogP contribution in [0, 0.1) is 5.92 Å². The number of nitrogens with zero attached hydrogens (tertiary/aromatic N) is 1. The van der Waals surface area contributed by atoms with Crippen molar-refractivity contribution in [3.05, 3.63) is 28.6 Å². The molecule has 1 fully saturated rings. The Labute approximate surface area is 138 Å². The number of thiophene rings is 1. The Morgan fingerprint density at radius 2 is 2.32 bits per heavy atom. The summed E-state index contributed by atoms with van der Waals surface area (Å²) in [6.45, 7) is 2.29. The molecule has 4 nitrogen and oxygen atoms in total. The normalized spacial score (nSPS) is 14.2. The molecular formula is C16H20N2O2S2. The number of rotatable bonds is 9. The van der Waals surface area contributed by atoms with E-state index in [0.717, 1.165) is 41.1 Å². The summed E-state index contributed by atoms with van der Waals surface area (Å²) in [4.78, 5) is 17.6. The van der Waals surface area contributed by atoms with Gasteiger partial charge in [0.05, 0.1) is 17.0 Å². The smallest absolute Gasteiger partial charge is 0.226 e. The fourth-order valence-electron chi connectivity index (χ4n) is 2.07. The molecule has 118 valence electrons. The van der Waals surface area contributed by atoms with Crippen molar-refractivity contribution in [3.8, 4) is 9.88 Å². The van der Waals surface area contributed by atoms with Crippen LogP contribution in [0.25, 0.3) is 9.88 Å². The van der Waals surface area contributed by atoms with Crippen LogP contribution in [0.2, 0.25) is 0 Å². The fourth-order valence-corrected chi connectivity index (χ4v) is 3.70. The zero-order valence-electron chi connectivity index (χ0n) is 12.4. The van der Waals surface area contributed by atoms with Gasteiger partial charge in [0.25, 0.3) is 0 Å². The SMILES string of the molecule is O=C(Cc1csc(-c2cccs2)n1)NCCCOCC1CC1. The lowest BCUT2D eigenvalue weighted by molar-refractivity contribution is -0.120. The van der Waals surface area contributed by atoms with Crippen LogP contribution in [0.4, 0.5) is 0 Å². The molecule has 0 unspecified atom stereocenters. The minimum atomic E-state index is 0.0326. The van der Waals surface area contributed by atoms with Crippen LogP contribution in [0.1, 0.15) is 25.0 Å². The summed E-state index contributed by atoms with van der Waals surface area (Å²) in [5, 5.41) is 7.92. The van der Waals surface area contributed by atoms with Gasteiger partial charge in [-0.15, -0.1) is 22.7 Å². The van der Waals surface area contributed by atoms with Gasteiger partial charge >= 0.3 is 0 Å². The molecule has 3 rings (SSSR count). The van der Waals surface area contributed by atoms with E-state index >= 15 is 0 Å². The maximum Gasteiger partial charge on any atom is 0.226 e. The summed E-state index contributed by atoms with van der Waals surface area (Å²) in [6, 6.07) is 4.06. The molecule has 2 aromatic heterocycles. The Morgan fingerprint density at radius 3 is 3.09 bits per heavy atom. The second kappa shape index (κ2) is 7.85. The fraction of sp³-hybridized carbons (Fsp3) is 0.500. The van der Waals surface area contributed by atoms with Gasteiger partial charge in [0.15, 0.2) is 0 Å². The number of aromatic nitrogens is 1.